The van der Waals surface area contributed by atoms with Crippen molar-refractivity contribution in [1.29, 1.82) is 0 Å². The average Bonchev–Trinajstić information content (AvgIpc) is 3.28. The van der Waals surface area contributed by atoms with Crippen molar-refractivity contribution >= 4 is 29.1 Å². The van der Waals surface area contributed by atoms with Gasteiger partial charge in [0.25, 0.3) is 5.91 Å². The lowest BCUT2D eigenvalue weighted by molar-refractivity contribution is 0.0951. The van der Waals surface area contributed by atoms with Gasteiger partial charge < -0.3 is 10.1 Å². The van der Waals surface area contributed by atoms with E-state index in [0.717, 1.165) is 40.2 Å². The van der Waals surface area contributed by atoms with E-state index in [1.165, 1.54) is 0 Å². The van der Waals surface area contributed by atoms with Crippen LogP contribution in [-0.4, -0.2) is 22.3 Å². The lowest BCUT2D eigenvalue weighted by Crippen LogP contribution is -2.23. The van der Waals surface area contributed by atoms with E-state index in [4.69, 9.17) is 33.0 Å². The van der Waals surface area contributed by atoms with Gasteiger partial charge in [-0.2, -0.15) is 5.10 Å². The van der Waals surface area contributed by atoms with Crippen LogP contribution in [0, 0.1) is 12.8 Å². The summed E-state index contributed by atoms with van der Waals surface area (Å²) in [5, 5.41) is 8.63. The zero-order chi connectivity index (χ0) is 25.7. The Kier molecular flexibility index (Phi) is 8.34. The van der Waals surface area contributed by atoms with Gasteiger partial charge in [0.05, 0.1) is 28.6 Å². The van der Waals surface area contributed by atoms with Gasteiger partial charge in [-0.25, -0.2) is 4.68 Å². The number of carbonyl (C=O) groups is 1. The lowest BCUT2D eigenvalue weighted by Gasteiger charge is -2.12. The predicted molar refractivity (Wildman–Crippen MR) is 146 cm³/mol. The van der Waals surface area contributed by atoms with Crippen molar-refractivity contribution in [3.63, 3.8) is 0 Å². The number of amides is 1. The highest BCUT2D eigenvalue weighted by atomic mass is 35.5. The van der Waals surface area contributed by atoms with Crippen molar-refractivity contribution in [2.45, 2.75) is 33.7 Å². The standard InChI is InChI=1S/C29H29Cl2N3O2/c1-19(2)13-14-36-27-12-9-21(15-20(27)3)28-22(18-34(33-28)24-7-5-4-6-8-24)17-32-29(35)25-11-10-23(30)16-26(25)31/h4-12,15-16,18-19H,13-14,17H2,1-3H3,(H,32,35). The van der Waals surface area contributed by atoms with Crippen LogP contribution in [0.4, 0.5) is 0 Å². The topological polar surface area (TPSA) is 56.2 Å². The van der Waals surface area contributed by atoms with Crippen molar-refractivity contribution in [2.75, 3.05) is 6.61 Å². The number of aryl methyl sites for hydroxylation is 1. The Hall–Kier alpha value is -3.28. The lowest BCUT2D eigenvalue weighted by atomic mass is 10.0. The Morgan fingerprint density at radius 1 is 1.06 bits per heavy atom. The van der Waals surface area contributed by atoms with Gasteiger partial charge in [0.15, 0.2) is 0 Å². The quantitative estimate of drug-likeness (QED) is 0.248. The van der Waals surface area contributed by atoms with Gasteiger partial charge in [-0.05, 0) is 73.4 Å². The number of nitrogens with zero attached hydrogens (tertiary/aromatic N) is 2. The molecule has 4 aromatic rings. The molecule has 0 fully saturated rings. The first-order valence-corrected chi connectivity index (χ1v) is 12.7. The SMILES string of the molecule is Cc1cc(-c2nn(-c3ccccc3)cc2CNC(=O)c2ccc(Cl)cc2Cl)ccc1OCCC(C)C. The zero-order valence-electron chi connectivity index (χ0n) is 20.6. The Morgan fingerprint density at radius 2 is 1.83 bits per heavy atom. The molecule has 4 rings (SSSR count). The molecule has 0 aliphatic carbocycles. The third-order valence-electron chi connectivity index (χ3n) is 5.83. The minimum Gasteiger partial charge on any atom is -0.493 e. The van der Waals surface area contributed by atoms with Gasteiger partial charge in [-0.15, -0.1) is 0 Å². The highest BCUT2D eigenvalue weighted by Crippen LogP contribution is 2.29. The number of aromatic nitrogens is 2. The fourth-order valence-corrected chi connectivity index (χ4v) is 4.30. The second-order valence-electron chi connectivity index (χ2n) is 9.10. The molecule has 0 aliphatic heterocycles. The fraction of sp³-hybridized carbons (Fsp3) is 0.241. The van der Waals surface area contributed by atoms with Gasteiger partial charge in [0.1, 0.15) is 5.75 Å². The largest absolute Gasteiger partial charge is 0.493 e. The number of benzene rings is 3. The maximum Gasteiger partial charge on any atom is 0.253 e. The summed E-state index contributed by atoms with van der Waals surface area (Å²) in [6.45, 7) is 7.37. The Labute approximate surface area is 222 Å². The van der Waals surface area contributed by atoms with E-state index in [0.29, 0.717) is 28.1 Å². The van der Waals surface area contributed by atoms with E-state index in [-0.39, 0.29) is 12.5 Å². The number of carbonyl (C=O) groups excluding carboxylic acids is 1. The monoisotopic (exact) mass is 521 g/mol. The molecule has 36 heavy (non-hydrogen) atoms. The van der Waals surface area contributed by atoms with Gasteiger partial charge in [0.2, 0.25) is 0 Å². The predicted octanol–water partition coefficient (Wildman–Crippen LogP) is 7.51. The second kappa shape index (κ2) is 11.6. The molecule has 0 spiro atoms. The molecule has 186 valence electrons. The van der Waals surface area contributed by atoms with E-state index in [9.17, 15) is 4.79 Å². The Balaban J connectivity index is 1.61. The summed E-state index contributed by atoms with van der Waals surface area (Å²) < 4.78 is 7.81. The molecular weight excluding hydrogens is 493 g/mol. The zero-order valence-corrected chi connectivity index (χ0v) is 22.1. The van der Waals surface area contributed by atoms with Crippen molar-refractivity contribution in [1.82, 2.24) is 15.1 Å². The van der Waals surface area contributed by atoms with E-state index in [2.05, 4.69) is 25.2 Å². The number of para-hydroxylation sites is 1. The molecule has 7 heteroatoms. The molecule has 1 amide bonds. The van der Waals surface area contributed by atoms with Gasteiger partial charge >= 0.3 is 0 Å². The molecule has 0 aliphatic rings. The summed E-state index contributed by atoms with van der Waals surface area (Å²) in [4.78, 5) is 12.8. The Morgan fingerprint density at radius 3 is 2.53 bits per heavy atom. The minimum atomic E-state index is -0.278. The van der Waals surface area contributed by atoms with E-state index < -0.39 is 0 Å². The summed E-state index contributed by atoms with van der Waals surface area (Å²) in [6, 6.07) is 20.8. The molecule has 0 atom stereocenters. The van der Waals surface area contributed by atoms with Crippen LogP contribution in [0.5, 0.6) is 5.75 Å². The van der Waals surface area contributed by atoms with Crippen LogP contribution in [0.1, 0.15) is 41.8 Å². The van der Waals surface area contributed by atoms with E-state index in [1.807, 2.05) is 60.3 Å². The van der Waals surface area contributed by atoms with Crippen LogP contribution in [-0.2, 0) is 6.54 Å². The maximum absolute atomic E-state index is 12.8. The second-order valence-corrected chi connectivity index (χ2v) is 9.94. The fourth-order valence-electron chi connectivity index (χ4n) is 3.80. The number of nitrogens with one attached hydrogen (secondary N) is 1. The number of hydrogen-bond acceptors (Lipinski definition) is 3. The first kappa shape index (κ1) is 25.8. The molecule has 0 unspecified atom stereocenters. The summed E-state index contributed by atoms with van der Waals surface area (Å²) in [7, 11) is 0. The van der Waals surface area contributed by atoms with Crippen LogP contribution in [0.2, 0.25) is 10.0 Å². The molecule has 1 heterocycles. The molecule has 1 aromatic heterocycles. The van der Waals surface area contributed by atoms with Gasteiger partial charge in [-0.1, -0.05) is 55.2 Å². The molecule has 5 nitrogen and oxygen atoms in total. The minimum absolute atomic E-state index is 0.278. The number of halogens is 2. The first-order chi connectivity index (χ1) is 17.3. The highest BCUT2D eigenvalue weighted by Gasteiger charge is 2.16. The number of hydrogen-bond donors (Lipinski definition) is 1. The normalized spacial score (nSPS) is 11.1. The maximum atomic E-state index is 12.8. The van der Waals surface area contributed by atoms with Crippen LogP contribution < -0.4 is 10.1 Å². The Bertz CT molecular complexity index is 1350. The summed E-state index contributed by atoms with van der Waals surface area (Å²) in [5.41, 5.74) is 4.96. The van der Waals surface area contributed by atoms with Crippen molar-refractivity contribution in [3.05, 3.63) is 99.7 Å². The molecule has 1 N–H and O–H groups in total. The van der Waals surface area contributed by atoms with Gasteiger partial charge in [-0.3, -0.25) is 4.79 Å². The summed E-state index contributed by atoms with van der Waals surface area (Å²) in [5.74, 6) is 1.18. The smallest absolute Gasteiger partial charge is 0.253 e. The number of rotatable bonds is 9. The summed E-state index contributed by atoms with van der Waals surface area (Å²) >= 11 is 12.2. The summed E-state index contributed by atoms with van der Waals surface area (Å²) in [6.07, 6.45) is 2.95. The molecule has 0 saturated carbocycles. The molecule has 3 aromatic carbocycles. The van der Waals surface area contributed by atoms with Crippen molar-refractivity contribution in [2.24, 2.45) is 5.92 Å². The van der Waals surface area contributed by atoms with Gasteiger partial charge in [0, 0.05) is 28.9 Å². The molecular formula is C29H29Cl2N3O2. The van der Waals surface area contributed by atoms with Crippen molar-refractivity contribution < 1.29 is 9.53 Å². The van der Waals surface area contributed by atoms with E-state index in [1.54, 1.807) is 18.2 Å². The van der Waals surface area contributed by atoms with Crippen LogP contribution >= 0.6 is 23.2 Å². The van der Waals surface area contributed by atoms with E-state index >= 15 is 0 Å². The average molecular weight is 522 g/mol. The molecule has 0 saturated heterocycles. The molecule has 0 bridgehead atoms. The highest BCUT2D eigenvalue weighted by molar-refractivity contribution is 6.36. The molecule has 0 radical (unpaired) electrons. The number of ether oxygens (including phenoxy) is 1. The third-order valence-corrected chi connectivity index (χ3v) is 6.37. The van der Waals surface area contributed by atoms with Crippen molar-refractivity contribution in [3.8, 4) is 22.7 Å². The third kappa shape index (κ3) is 6.28. The van der Waals surface area contributed by atoms with Crippen LogP contribution in [0.3, 0.4) is 0 Å². The van der Waals surface area contributed by atoms with Crippen LogP contribution in [0.25, 0.3) is 16.9 Å². The first-order valence-electron chi connectivity index (χ1n) is 11.9. The van der Waals surface area contributed by atoms with Crippen LogP contribution in [0.15, 0.2) is 72.9 Å².